The van der Waals surface area contributed by atoms with E-state index < -0.39 is 0 Å². The number of rotatable bonds is 4. The van der Waals surface area contributed by atoms with Crippen LogP contribution in [0.1, 0.15) is 44.3 Å². The van der Waals surface area contributed by atoms with Crippen molar-refractivity contribution in [2.24, 2.45) is 5.92 Å². The molecule has 0 radical (unpaired) electrons. The molecule has 1 aromatic rings. The third-order valence-corrected chi connectivity index (χ3v) is 4.71. The van der Waals surface area contributed by atoms with Crippen molar-refractivity contribution < 1.29 is 9.53 Å². The van der Waals surface area contributed by atoms with Crippen LogP contribution in [0.4, 0.5) is 0 Å². The summed E-state index contributed by atoms with van der Waals surface area (Å²) in [6.45, 7) is 2.82. The van der Waals surface area contributed by atoms with Gasteiger partial charge >= 0.3 is 0 Å². The van der Waals surface area contributed by atoms with Crippen LogP contribution in [-0.4, -0.2) is 30.5 Å². The van der Waals surface area contributed by atoms with E-state index >= 15 is 0 Å². The van der Waals surface area contributed by atoms with Crippen LogP contribution in [0.15, 0.2) is 24.3 Å². The highest BCUT2D eigenvalue weighted by Gasteiger charge is 2.38. The predicted octanol–water partition coefficient (Wildman–Crippen LogP) is 2.70. The Morgan fingerprint density at radius 3 is 2.81 bits per heavy atom. The quantitative estimate of drug-likeness (QED) is 0.926. The number of benzene rings is 1. The van der Waals surface area contributed by atoms with Gasteiger partial charge in [-0.15, -0.1) is 0 Å². The smallest absolute Gasteiger partial charge is 0.241 e. The highest BCUT2D eigenvalue weighted by atomic mass is 16.5. The van der Waals surface area contributed by atoms with Crippen molar-refractivity contribution in [1.82, 2.24) is 10.2 Å². The topological polar surface area (TPSA) is 41.6 Å². The Labute approximate surface area is 126 Å². The van der Waals surface area contributed by atoms with Gasteiger partial charge in [-0.2, -0.15) is 0 Å². The highest BCUT2D eigenvalue weighted by molar-refractivity contribution is 5.84. The van der Waals surface area contributed by atoms with Crippen molar-refractivity contribution in [3.05, 3.63) is 29.8 Å². The maximum absolute atomic E-state index is 12.5. The second-order valence-electron chi connectivity index (χ2n) is 6.21. The minimum absolute atomic E-state index is 0.0248. The van der Waals surface area contributed by atoms with Gasteiger partial charge in [-0.05, 0) is 43.4 Å². The van der Waals surface area contributed by atoms with Crippen molar-refractivity contribution in [2.75, 3.05) is 13.7 Å². The zero-order valence-electron chi connectivity index (χ0n) is 12.8. The highest BCUT2D eigenvalue weighted by Crippen LogP contribution is 2.32. The second-order valence-corrected chi connectivity index (χ2v) is 6.21. The molecule has 3 rings (SSSR count). The summed E-state index contributed by atoms with van der Waals surface area (Å²) >= 11 is 0. The van der Waals surface area contributed by atoms with Crippen molar-refractivity contribution in [1.29, 1.82) is 0 Å². The lowest BCUT2D eigenvalue weighted by Crippen LogP contribution is -2.34. The summed E-state index contributed by atoms with van der Waals surface area (Å²) in [5.74, 6) is 1.71. The van der Waals surface area contributed by atoms with Gasteiger partial charge in [0, 0.05) is 6.54 Å². The van der Waals surface area contributed by atoms with Gasteiger partial charge in [-0.1, -0.05) is 25.0 Å². The summed E-state index contributed by atoms with van der Waals surface area (Å²) < 4.78 is 5.31. The summed E-state index contributed by atoms with van der Waals surface area (Å²) in [6.07, 6.45) is 5.09. The number of amides is 1. The van der Waals surface area contributed by atoms with E-state index in [0.717, 1.165) is 17.9 Å². The first-order valence-electron chi connectivity index (χ1n) is 7.89. The number of hydrogen-bond acceptors (Lipinski definition) is 3. The summed E-state index contributed by atoms with van der Waals surface area (Å²) in [7, 11) is 1.67. The molecule has 0 aromatic heterocycles. The van der Waals surface area contributed by atoms with Gasteiger partial charge in [0.2, 0.25) is 5.91 Å². The van der Waals surface area contributed by atoms with E-state index in [1.54, 1.807) is 7.11 Å². The molecular weight excluding hydrogens is 264 g/mol. The van der Waals surface area contributed by atoms with Crippen molar-refractivity contribution >= 4 is 5.91 Å². The monoisotopic (exact) mass is 288 g/mol. The minimum atomic E-state index is -0.109. The average molecular weight is 288 g/mol. The molecule has 0 spiro atoms. The van der Waals surface area contributed by atoms with E-state index in [1.807, 2.05) is 30.0 Å². The third-order valence-electron chi connectivity index (χ3n) is 4.71. The average Bonchev–Trinajstić information content (AvgIpc) is 3.11. The molecule has 4 heteroatoms. The molecule has 1 amide bonds. The molecule has 1 aromatic carbocycles. The molecule has 1 aliphatic heterocycles. The first-order chi connectivity index (χ1) is 10.2. The van der Waals surface area contributed by atoms with Crippen LogP contribution >= 0.6 is 0 Å². The lowest BCUT2D eigenvalue weighted by Gasteiger charge is -2.27. The largest absolute Gasteiger partial charge is 0.497 e. The van der Waals surface area contributed by atoms with Gasteiger partial charge in [0.05, 0.1) is 13.2 Å². The van der Waals surface area contributed by atoms with E-state index in [4.69, 9.17) is 4.74 Å². The molecule has 21 heavy (non-hydrogen) atoms. The van der Waals surface area contributed by atoms with Crippen LogP contribution in [0.2, 0.25) is 0 Å². The summed E-state index contributed by atoms with van der Waals surface area (Å²) in [5.41, 5.74) is 1.10. The molecule has 1 saturated heterocycles. The molecule has 0 bridgehead atoms. The van der Waals surface area contributed by atoms with Gasteiger partial charge < -0.3 is 9.64 Å². The van der Waals surface area contributed by atoms with E-state index in [1.165, 1.54) is 25.7 Å². The van der Waals surface area contributed by atoms with Crippen molar-refractivity contribution in [2.45, 2.75) is 44.8 Å². The zero-order chi connectivity index (χ0) is 14.8. The van der Waals surface area contributed by atoms with Gasteiger partial charge in [-0.3, -0.25) is 10.1 Å². The molecule has 1 N–H and O–H groups in total. The fourth-order valence-electron chi connectivity index (χ4n) is 3.53. The van der Waals surface area contributed by atoms with Crippen molar-refractivity contribution in [3.8, 4) is 5.75 Å². The predicted molar refractivity (Wildman–Crippen MR) is 82.0 cm³/mol. The Kier molecular flexibility index (Phi) is 4.15. The zero-order valence-corrected chi connectivity index (χ0v) is 12.8. The van der Waals surface area contributed by atoms with Gasteiger partial charge in [-0.25, -0.2) is 0 Å². The van der Waals surface area contributed by atoms with Crippen LogP contribution in [-0.2, 0) is 4.79 Å². The molecule has 2 fully saturated rings. The molecular formula is C17H24N2O2. The first-order valence-corrected chi connectivity index (χ1v) is 7.89. The molecule has 1 aliphatic carbocycles. The number of ether oxygens (including phenoxy) is 1. The molecule has 2 unspecified atom stereocenters. The number of carbonyl (C=O) groups is 1. The molecule has 2 atom stereocenters. The number of nitrogens with zero attached hydrogens (tertiary/aromatic N) is 1. The Morgan fingerprint density at radius 2 is 2.10 bits per heavy atom. The van der Waals surface area contributed by atoms with Crippen LogP contribution in [0.25, 0.3) is 0 Å². The van der Waals surface area contributed by atoms with E-state index in [2.05, 4.69) is 11.4 Å². The summed E-state index contributed by atoms with van der Waals surface area (Å²) in [4.78, 5) is 14.5. The SMILES string of the molecule is COc1cccc(C2NC(C)C(=O)N2CC2CCCC2)c1. The molecule has 114 valence electrons. The van der Waals surface area contributed by atoms with Crippen LogP contribution in [0.3, 0.4) is 0 Å². The Hall–Kier alpha value is -1.55. The molecule has 2 aliphatic rings. The maximum atomic E-state index is 12.5. The fourth-order valence-corrected chi connectivity index (χ4v) is 3.53. The van der Waals surface area contributed by atoms with Gasteiger partial charge in [0.15, 0.2) is 0 Å². The van der Waals surface area contributed by atoms with Crippen molar-refractivity contribution in [3.63, 3.8) is 0 Å². The van der Waals surface area contributed by atoms with E-state index in [0.29, 0.717) is 5.92 Å². The van der Waals surface area contributed by atoms with Gasteiger partial charge in [0.1, 0.15) is 11.9 Å². The number of methoxy groups -OCH3 is 1. The van der Waals surface area contributed by atoms with Crippen LogP contribution in [0.5, 0.6) is 5.75 Å². The minimum Gasteiger partial charge on any atom is -0.497 e. The lowest BCUT2D eigenvalue weighted by atomic mass is 10.1. The lowest BCUT2D eigenvalue weighted by molar-refractivity contribution is -0.130. The molecule has 1 heterocycles. The number of carbonyl (C=O) groups excluding carboxylic acids is 1. The Bertz CT molecular complexity index is 511. The molecule has 1 saturated carbocycles. The van der Waals surface area contributed by atoms with E-state index in [9.17, 15) is 4.79 Å². The Morgan fingerprint density at radius 1 is 1.33 bits per heavy atom. The van der Waals surface area contributed by atoms with Crippen LogP contribution in [0, 0.1) is 5.92 Å². The third kappa shape index (κ3) is 2.91. The fraction of sp³-hybridized carbons (Fsp3) is 0.588. The second kappa shape index (κ2) is 6.06. The standard InChI is InChI=1S/C17H24N2O2/c1-12-17(20)19(11-13-6-3-4-7-13)16(18-12)14-8-5-9-15(10-14)21-2/h5,8-10,12-13,16,18H,3-4,6-7,11H2,1-2H3. The van der Waals surface area contributed by atoms with Crippen LogP contribution < -0.4 is 10.1 Å². The van der Waals surface area contributed by atoms with E-state index in [-0.39, 0.29) is 18.1 Å². The Balaban J connectivity index is 1.81. The normalized spacial score (nSPS) is 26.6. The number of hydrogen-bond donors (Lipinski definition) is 1. The summed E-state index contributed by atoms with van der Waals surface area (Å²) in [5, 5.41) is 3.42. The maximum Gasteiger partial charge on any atom is 0.241 e. The molecule has 4 nitrogen and oxygen atoms in total. The van der Waals surface area contributed by atoms with Gasteiger partial charge in [0.25, 0.3) is 0 Å². The first kappa shape index (κ1) is 14.4. The number of nitrogens with one attached hydrogen (secondary N) is 1. The summed E-state index contributed by atoms with van der Waals surface area (Å²) in [6, 6.07) is 7.89.